The number of rotatable bonds is 6. The highest BCUT2D eigenvalue weighted by Crippen LogP contribution is 2.23. The van der Waals surface area contributed by atoms with Gasteiger partial charge in [-0.05, 0) is 43.2 Å². The van der Waals surface area contributed by atoms with Gasteiger partial charge in [-0.15, -0.1) is 0 Å². The van der Waals surface area contributed by atoms with Gasteiger partial charge in [0.15, 0.2) is 0 Å². The number of hydrogen-bond acceptors (Lipinski definition) is 3. The molecule has 3 rings (SSSR count). The molecule has 5 nitrogen and oxygen atoms in total. The van der Waals surface area contributed by atoms with Crippen molar-refractivity contribution in [2.45, 2.75) is 38.6 Å². The monoisotopic (exact) mass is 330 g/mol. The summed E-state index contributed by atoms with van der Waals surface area (Å²) in [6, 6.07) is 6.95. The first-order valence-corrected chi connectivity index (χ1v) is 8.56. The summed E-state index contributed by atoms with van der Waals surface area (Å²) in [5.74, 6) is 0.490. The van der Waals surface area contributed by atoms with Gasteiger partial charge in [0, 0.05) is 19.5 Å². The molecule has 0 saturated carbocycles. The molecule has 0 aliphatic carbocycles. The van der Waals surface area contributed by atoms with Crippen LogP contribution in [0.5, 0.6) is 0 Å². The van der Waals surface area contributed by atoms with E-state index in [4.69, 9.17) is 0 Å². The number of benzene rings is 1. The quantitative estimate of drug-likeness (QED) is 0.818. The third-order valence-corrected chi connectivity index (χ3v) is 4.67. The molecule has 1 atom stereocenters. The number of nitrogens with zero attached hydrogens (tertiary/aromatic N) is 4. The number of hydrogen-bond donors (Lipinski definition) is 0. The van der Waals surface area contributed by atoms with Crippen molar-refractivity contribution in [3.63, 3.8) is 0 Å². The average Bonchev–Trinajstić information content (AvgIpc) is 3.13. The van der Waals surface area contributed by atoms with E-state index in [2.05, 4.69) is 10.1 Å². The zero-order valence-electron chi connectivity index (χ0n) is 13.8. The first-order chi connectivity index (χ1) is 11.7. The minimum atomic E-state index is -0.130. The Labute approximate surface area is 141 Å². The molecule has 0 unspecified atom stereocenters. The van der Waals surface area contributed by atoms with E-state index in [0.717, 1.165) is 44.3 Å². The fraction of sp³-hybridized carbons (Fsp3) is 0.500. The molecule has 1 aliphatic rings. The molecular formula is C18H23FN4O. The van der Waals surface area contributed by atoms with Crippen molar-refractivity contribution in [2.75, 3.05) is 13.1 Å². The standard InChI is InChI=1S/C18H23FN4O/c19-17-6-2-1-5-16(17)8-7-15-4-3-10-22(12-15)18(24)9-11-23-14-20-13-21-23/h1-2,5-6,13-15H,3-4,7-12H2/t15-/m0/s1. The number of carbonyl (C=O) groups excluding carboxylic acids is 1. The lowest BCUT2D eigenvalue weighted by atomic mass is 9.91. The van der Waals surface area contributed by atoms with E-state index >= 15 is 0 Å². The van der Waals surface area contributed by atoms with Gasteiger partial charge in [0.25, 0.3) is 0 Å². The molecule has 6 heteroatoms. The summed E-state index contributed by atoms with van der Waals surface area (Å²) in [4.78, 5) is 18.2. The van der Waals surface area contributed by atoms with Gasteiger partial charge in [0.05, 0.1) is 6.54 Å². The molecule has 1 aromatic carbocycles. The molecule has 0 spiro atoms. The fourth-order valence-electron chi connectivity index (χ4n) is 3.30. The lowest BCUT2D eigenvalue weighted by Gasteiger charge is -2.33. The Morgan fingerprint density at radius 1 is 1.33 bits per heavy atom. The van der Waals surface area contributed by atoms with Gasteiger partial charge in [-0.1, -0.05) is 18.2 Å². The van der Waals surface area contributed by atoms with Crippen LogP contribution in [0.1, 0.15) is 31.2 Å². The van der Waals surface area contributed by atoms with Gasteiger partial charge in [-0.25, -0.2) is 9.37 Å². The summed E-state index contributed by atoms with van der Waals surface area (Å²) >= 11 is 0. The van der Waals surface area contributed by atoms with Crippen molar-refractivity contribution in [2.24, 2.45) is 5.92 Å². The van der Waals surface area contributed by atoms with E-state index in [1.54, 1.807) is 17.1 Å². The molecule has 1 amide bonds. The second kappa shape index (κ2) is 8.04. The van der Waals surface area contributed by atoms with Crippen molar-refractivity contribution in [3.8, 4) is 0 Å². The largest absolute Gasteiger partial charge is 0.342 e. The van der Waals surface area contributed by atoms with Crippen LogP contribution in [0.2, 0.25) is 0 Å². The summed E-state index contributed by atoms with van der Waals surface area (Å²) in [5.41, 5.74) is 0.770. The number of carbonyl (C=O) groups is 1. The minimum absolute atomic E-state index is 0.130. The van der Waals surface area contributed by atoms with E-state index in [1.807, 2.05) is 17.0 Å². The van der Waals surface area contributed by atoms with Crippen LogP contribution in [-0.2, 0) is 17.8 Å². The van der Waals surface area contributed by atoms with Crippen LogP contribution in [0, 0.1) is 11.7 Å². The number of likely N-dealkylation sites (tertiary alicyclic amines) is 1. The van der Waals surface area contributed by atoms with Crippen molar-refractivity contribution in [1.29, 1.82) is 0 Å². The molecule has 128 valence electrons. The smallest absolute Gasteiger partial charge is 0.224 e. The number of amides is 1. The van der Waals surface area contributed by atoms with E-state index < -0.39 is 0 Å². The second-order valence-corrected chi connectivity index (χ2v) is 6.39. The van der Waals surface area contributed by atoms with Crippen LogP contribution in [0.4, 0.5) is 4.39 Å². The molecule has 24 heavy (non-hydrogen) atoms. The molecule has 0 N–H and O–H groups in total. The zero-order chi connectivity index (χ0) is 16.8. The Morgan fingerprint density at radius 2 is 2.21 bits per heavy atom. The highest BCUT2D eigenvalue weighted by Gasteiger charge is 2.23. The first-order valence-electron chi connectivity index (χ1n) is 8.56. The molecule has 0 radical (unpaired) electrons. The van der Waals surface area contributed by atoms with Gasteiger partial charge in [0.1, 0.15) is 18.5 Å². The Morgan fingerprint density at radius 3 is 3.00 bits per heavy atom. The van der Waals surface area contributed by atoms with Crippen molar-refractivity contribution >= 4 is 5.91 Å². The second-order valence-electron chi connectivity index (χ2n) is 6.39. The molecule has 1 saturated heterocycles. The number of aromatic nitrogens is 3. The SMILES string of the molecule is O=C(CCn1cncn1)N1CCC[C@@H](CCc2ccccc2F)C1. The van der Waals surface area contributed by atoms with Crippen LogP contribution in [0.15, 0.2) is 36.9 Å². The van der Waals surface area contributed by atoms with Crippen LogP contribution in [-0.4, -0.2) is 38.7 Å². The van der Waals surface area contributed by atoms with E-state index in [9.17, 15) is 9.18 Å². The summed E-state index contributed by atoms with van der Waals surface area (Å²) < 4.78 is 15.4. The third-order valence-electron chi connectivity index (χ3n) is 4.67. The lowest BCUT2D eigenvalue weighted by Crippen LogP contribution is -2.40. The van der Waals surface area contributed by atoms with Crippen LogP contribution in [0.25, 0.3) is 0 Å². The van der Waals surface area contributed by atoms with Gasteiger partial charge in [-0.3, -0.25) is 9.48 Å². The fourth-order valence-corrected chi connectivity index (χ4v) is 3.30. The average molecular weight is 330 g/mol. The van der Waals surface area contributed by atoms with Gasteiger partial charge in [-0.2, -0.15) is 5.10 Å². The molecule has 1 aromatic heterocycles. The number of piperidine rings is 1. The summed E-state index contributed by atoms with van der Waals surface area (Å²) in [5, 5.41) is 4.02. The van der Waals surface area contributed by atoms with Gasteiger partial charge < -0.3 is 4.90 Å². The predicted octanol–water partition coefficient (Wildman–Crippen LogP) is 2.68. The summed E-state index contributed by atoms with van der Waals surface area (Å²) in [7, 11) is 0. The van der Waals surface area contributed by atoms with Crippen LogP contribution >= 0.6 is 0 Å². The molecular weight excluding hydrogens is 307 g/mol. The Bertz CT molecular complexity index is 659. The van der Waals surface area contributed by atoms with Gasteiger partial charge in [0.2, 0.25) is 5.91 Å². The Hall–Kier alpha value is -2.24. The number of aryl methyl sites for hydroxylation is 2. The van der Waals surface area contributed by atoms with Crippen molar-refractivity contribution in [1.82, 2.24) is 19.7 Å². The van der Waals surface area contributed by atoms with Crippen LogP contribution in [0.3, 0.4) is 0 Å². The number of halogens is 1. The highest BCUT2D eigenvalue weighted by atomic mass is 19.1. The Kier molecular flexibility index (Phi) is 5.56. The molecule has 2 heterocycles. The van der Waals surface area contributed by atoms with E-state index in [1.165, 1.54) is 12.4 Å². The normalized spacial score (nSPS) is 17.9. The highest BCUT2D eigenvalue weighted by molar-refractivity contribution is 5.76. The maximum absolute atomic E-state index is 13.7. The molecule has 2 aromatic rings. The van der Waals surface area contributed by atoms with Crippen LogP contribution < -0.4 is 0 Å². The maximum atomic E-state index is 13.7. The first kappa shape index (κ1) is 16.6. The van der Waals surface area contributed by atoms with Gasteiger partial charge >= 0.3 is 0 Å². The van der Waals surface area contributed by atoms with E-state index in [0.29, 0.717) is 18.9 Å². The van der Waals surface area contributed by atoms with E-state index in [-0.39, 0.29) is 11.7 Å². The van der Waals surface area contributed by atoms with Crippen molar-refractivity contribution in [3.05, 3.63) is 48.3 Å². The minimum Gasteiger partial charge on any atom is -0.342 e. The maximum Gasteiger partial charge on any atom is 0.224 e. The molecule has 1 fully saturated rings. The Balaban J connectivity index is 1.47. The zero-order valence-corrected chi connectivity index (χ0v) is 13.8. The predicted molar refractivity (Wildman–Crippen MR) is 88.7 cm³/mol. The summed E-state index contributed by atoms with van der Waals surface area (Å²) in [6.45, 7) is 2.17. The molecule has 1 aliphatic heterocycles. The lowest BCUT2D eigenvalue weighted by molar-refractivity contribution is -0.133. The summed E-state index contributed by atoms with van der Waals surface area (Å²) in [6.07, 6.45) is 7.35. The third kappa shape index (κ3) is 4.40. The molecule has 0 bridgehead atoms. The van der Waals surface area contributed by atoms with Crippen molar-refractivity contribution < 1.29 is 9.18 Å². The topological polar surface area (TPSA) is 51.0 Å².